The van der Waals surface area contributed by atoms with Crippen molar-refractivity contribution in [2.24, 2.45) is 0 Å². The molecule has 256 valence electrons. The zero-order valence-electron chi connectivity index (χ0n) is 29.0. The number of ether oxygens (including phenoxy) is 2. The van der Waals surface area contributed by atoms with Crippen molar-refractivity contribution < 1.29 is 24.2 Å². The van der Waals surface area contributed by atoms with Crippen LogP contribution in [0.5, 0.6) is 0 Å². The smallest absolute Gasteiger partial charge is 0.306 e. The number of aliphatic hydroxyl groups excluding tert-OH is 1. The largest absolute Gasteiger partial charge is 0.462 e. The van der Waals surface area contributed by atoms with Crippen molar-refractivity contribution in [3.8, 4) is 11.8 Å². The Morgan fingerprint density at radius 2 is 0.977 bits per heavy atom. The third kappa shape index (κ3) is 33.1. The highest BCUT2D eigenvalue weighted by atomic mass is 16.6. The molecule has 0 aliphatic carbocycles. The van der Waals surface area contributed by atoms with Crippen LogP contribution in [0.25, 0.3) is 0 Å². The van der Waals surface area contributed by atoms with Crippen LogP contribution in [-0.2, 0) is 19.1 Å². The number of allylic oxidation sites excluding steroid dienone is 2. The molecule has 0 aliphatic rings. The molecular formula is C39H70O5. The third-order valence-corrected chi connectivity index (χ3v) is 8.04. The van der Waals surface area contributed by atoms with E-state index in [4.69, 9.17) is 9.47 Å². The van der Waals surface area contributed by atoms with Gasteiger partial charge >= 0.3 is 11.9 Å². The summed E-state index contributed by atoms with van der Waals surface area (Å²) in [6.07, 6.45) is 35.3. The number of rotatable bonds is 32. The van der Waals surface area contributed by atoms with Gasteiger partial charge in [-0.05, 0) is 51.4 Å². The molecule has 0 radical (unpaired) electrons. The molecule has 1 N–H and O–H groups in total. The van der Waals surface area contributed by atoms with Crippen molar-refractivity contribution in [3.63, 3.8) is 0 Å². The molecule has 0 amide bonds. The van der Waals surface area contributed by atoms with Gasteiger partial charge in [0.25, 0.3) is 0 Å². The highest BCUT2D eigenvalue weighted by molar-refractivity contribution is 5.70. The molecule has 5 nitrogen and oxygen atoms in total. The number of hydrogen-bond donors (Lipinski definition) is 1. The number of aliphatic hydroxyl groups is 1. The van der Waals surface area contributed by atoms with E-state index in [0.717, 1.165) is 70.6 Å². The first-order valence-electron chi connectivity index (χ1n) is 18.7. The van der Waals surface area contributed by atoms with E-state index in [1.165, 1.54) is 96.3 Å². The molecule has 5 heteroatoms. The maximum Gasteiger partial charge on any atom is 0.306 e. The summed E-state index contributed by atoms with van der Waals surface area (Å²) in [5.74, 6) is 5.97. The minimum absolute atomic E-state index is 0.0785. The van der Waals surface area contributed by atoms with Crippen molar-refractivity contribution >= 4 is 11.9 Å². The normalized spacial score (nSPS) is 11.8. The van der Waals surface area contributed by atoms with Crippen LogP contribution in [-0.4, -0.2) is 36.4 Å². The lowest BCUT2D eigenvalue weighted by molar-refractivity contribution is -0.161. The van der Waals surface area contributed by atoms with E-state index in [1.807, 2.05) is 0 Å². The van der Waals surface area contributed by atoms with Crippen LogP contribution in [0.3, 0.4) is 0 Å². The maximum absolute atomic E-state index is 12.1. The molecule has 0 aromatic heterocycles. The van der Waals surface area contributed by atoms with Gasteiger partial charge in [0, 0.05) is 25.7 Å². The van der Waals surface area contributed by atoms with Crippen molar-refractivity contribution in [2.75, 3.05) is 13.2 Å². The van der Waals surface area contributed by atoms with E-state index in [9.17, 15) is 14.7 Å². The van der Waals surface area contributed by atoms with Gasteiger partial charge in [-0.15, -0.1) is 11.8 Å². The number of carbonyl (C=O) groups excluding carboxylic acids is 2. The summed E-state index contributed by atoms with van der Waals surface area (Å²) in [5, 5.41) is 9.52. The van der Waals surface area contributed by atoms with Crippen LogP contribution in [0.2, 0.25) is 0 Å². The molecule has 0 spiro atoms. The summed E-state index contributed by atoms with van der Waals surface area (Å²) >= 11 is 0. The van der Waals surface area contributed by atoms with Crippen LogP contribution in [0.1, 0.15) is 194 Å². The number of esters is 2. The van der Waals surface area contributed by atoms with Crippen molar-refractivity contribution in [2.45, 2.75) is 200 Å². The summed E-state index contributed by atoms with van der Waals surface area (Å²) in [6.45, 7) is 4.09. The Morgan fingerprint density at radius 3 is 1.45 bits per heavy atom. The lowest BCUT2D eigenvalue weighted by Gasteiger charge is -2.15. The second-order valence-electron chi connectivity index (χ2n) is 12.5. The van der Waals surface area contributed by atoms with Gasteiger partial charge in [-0.2, -0.15) is 0 Å². The summed E-state index contributed by atoms with van der Waals surface area (Å²) in [4.78, 5) is 24.2. The zero-order valence-corrected chi connectivity index (χ0v) is 29.0. The van der Waals surface area contributed by atoms with Crippen molar-refractivity contribution in [1.29, 1.82) is 0 Å². The monoisotopic (exact) mass is 619 g/mol. The average molecular weight is 619 g/mol. The minimum Gasteiger partial charge on any atom is -0.462 e. The SMILES string of the molecule is CCCCCCCCC#CCCCCCCCC(=O)OC[C@H](CO)OC(=O)CCCCCCC/C=C\CCCCCCCC. The third-order valence-electron chi connectivity index (χ3n) is 8.04. The number of carbonyl (C=O) groups is 2. The molecule has 0 saturated heterocycles. The highest BCUT2D eigenvalue weighted by Gasteiger charge is 2.16. The predicted molar refractivity (Wildman–Crippen MR) is 185 cm³/mol. The van der Waals surface area contributed by atoms with Crippen molar-refractivity contribution in [3.05, 3.63) is 12.2 Å². The maximum atomic E-state index is 12.1. The highest BCUT2D eigenvalue weighted by Crippen LogP contribution is 2.12. The summed E-state index contributed by atoms with van der Waals surface area (Å²) in [5.41, 5.74) is 0. The Labute approximate surface area is 272 Å². The number of hydrogen-bond acceptors (Lipinski definition) is 5. The van der Waals surface area contributed by atoms with Crippen LogP contribution in [0.4, 0.5) is 0 Å². The first kappa shape index (κ1) is 42.2. The Bertz CT molecular complexity index is 720. The van der Waals surface area contributed by atoms with E-state index in [-0.39, 0.29) is 25.2 Å². The van der Waals surface area contributed by atoms with Crippen LogP contribution in [0.15, 0.2) is 12.2 Å². The molecule has 0 aliphatic heterocycles. The fraction of sp³-hybridized carbons (Fsp3) is 0.846. The van der Waals surface area contributed by atoms with E-state index in [2.05, 4.69) is 37.8 Å². The fourth-order valence-corrected chi connectivity index (χ4v) is 5.15. The Hall–Kier alpha value is -1.80. The molecule has 0 rings (SSSR count). The second kappa shape index (κ2) is 35.7. The van der Waals surface area contributed by atoms with Gasteiger partial charge in [0.15, 0.2) is 6.10 Å². The molecule has 0 fully saturated rings. The Kier molecular flexibility index (Phi) is 34.2. The van der Waals surface area contributed by atoms with Gasteiger partial charge in [-0.3, -0.25) is 9.59 Å². The van der Waals surface area contributed by atoms with E-state index in [1.54, 1.807) is 0 Å². The van der Waals surface area contributed by atoms with E-state index >= 15 is 0 Å². The van der Waals surface area contributed by atoms with Gasteiger partial charge in [-0.1, -0.05) is 129 Å². The number of unbranched alkanes of at least 4 members (excludes halogenated alkanes) is 22. The summed E-state index contributed by atoms with van der Waals surface area (Å²) < 4.78 is 10.6. The van der Waals surface area contributed by atoms with Crippen LogP contribution >= 0.6 is 0 Å². The molecule has 1 atom stereocenters. The standard InChI is InChI=1S/C39H70O5/c1-3-5-7-9-11-13-15-17-19-21-23-25-27-29-31-33-38(41)43-36-37(35-40)44-39(42)34-32-30-28-26-24-22-20-18-16-14-12-10-8-6-4-2/h18,20,37,40H,3-16,21-36H2,1-2H3/b20-18-/t37-/m0/s1. The van der Waals surface area contributed by atoms with Crippen molar-refractivity contribution in [1.82, 2.24) is 0 Å². The topological polar surface area (TPSA) is 72.8 Å². The lowest BCUT2D eigenvalue weighted by Crippen LogP contribution is -2.28. The molecule has 44 heavy (non-hydrogen) atoms. The van der Waals surface area contributed by atoms with Crippen LogP contribution in [0, 0.1) is 11.8 Å². The van der Waals surface area contributed by atoms with Gasteiger partial charge in [0.1, 0.15) is 6.61 Å². The minimum atomic E-state index is -0.781. The molecule has 0 aromatic rings. The second-order valence-corrected chi connectivity index (χ2v) is 12.5. The van der Waals surface area contributed by atoms with E-state index < -0.39 is 6.10 Å². The summed E-state index contributed by atoms with van der Waals surface area (Å²) in [7, 11) is 0. The first-order chi connectivity index (χ1) is 21.6. The molecule has 0 aromatic carbocycles. The lowest BCUT2D eigenvalue weighted by atomic mass is 10.1. The Morgan fingerprint density at radius 1 is 0.568 bits per heavy atom. The molecule has 0 unspecified atom stereocenters. The molecule has 0 heterocycles. The van der Waals surface area contributed by atoms with E-state index in [0.29, 0.717) is 12.8 Å². The molecule has 0 saturated carbocycles. The summed E-state index contributed by atoms with van der Waals surface area (Å²) in [6, 6.07) is 0. The van der Waals surface area contributed by atoms with Gasteiger partial charge in [0.2, 0.25) is 0 Å². The van der Waals surface area contributed by atoms with Gasteiger partial charge in [-0.25, -0.2) is 0 Å². The molecular weight excluding hydrogens is 548 g/mol. The quantitative estimate of drug-likeness (QED) is 0.0351. The molecule has 0 bridgehead atoms. The predicted octanol–water partition coefficient (Wildman–Crippen LogP) is 11.0. The Balaban J connectivity index is 3.59. The van der Waals surface area contributed by atoms with Crippen LogP contribution < -0.4 is 0 Å². The van der Waals surface area contributed by atoms with Gasteiger partial charge < -0.3 is 14.6 Å². The average Bonchev–Trinajstić information content (AvgIpc) is 3.02. The first-order valence-corrected chi connectivity index (χ1v) is 18.7. The van der Waals surface area contributed by atoms with Gasteiger partial charge in [0.05, 0.1) is 6.61 Å². The fourth-order valence-electron chi connectivity index (χ4n) is 5.15. The zero-order chi connectivity index (χ0) is 32.2.